The van der Waals surface area contributed by atoms with Crippen LogP contribution in [0.2, 0.25) is 0 Å². The second-order valence-electron chi connectivity index (χ2n) is 6.64. The van der Waals surface area contributed by atoms with Crippen molar-refractivity contribution in [1.82, 2.24) is 10.2 Å². The Morgan fingerprint density at radius 1 is 1.31 bits per heavy atom. The van der Waals surface area contributed by atoms with Gasteiger partial charge >= 0.3 is 0 Å². The predicted octanol–water partition coefficient (Wildman–Crippen LogP) is 2.74. The van der Waals surface area contributed by atoms with Gasteiger partial charge in [-0.1, -0.05) is 34.6 Å². The molecular weight excluding hydrogens is 196 g/mol. The molecule has 0 aromatic rings. The van der Waals surface area contributed by atoms with Gasteiger partial charge < -0.3 is 10.2 Å². The molecule has 0 bridgehead atoms. The fourth-order valence-corrected chi connectivity index (χ4v) is 2.93. The number of rotatable bonds is 2. The van der Waals surface area contributed by atoms with Crippen molar-refractivity contribution in [3.63, 3.8) is 0 Å². The standard InChI is InChI=1S/C14H30N2/c1-7-12-11(2)13(10-14(3,4)5)16(6)9-8-15-12/h11-13,15H,7-10H2,1-6H3/t11-,12?,13+/m1/s1. The maximum Gasteiger partial charge on any atom is 0.0138 e. The maximum atomic E-state index is 3.69. The minimum atomic E-state index is 0.426. The Morgan fingerprint density at radius 2 is 1.94 bits per heavy atom. The molecule has 1 aliphatic heterocycles. The van der Waals surface area contributed by atoms with Crippen LogP contribution in [0.25, 0.3) is 0 Å². The summed E-state index contributed by atoms with van der Waals surface area (Å²) in [6.07, 6.45) is 2.54. The molecule has 0 saturated carbocycles. The van der Waals surface area contributed by atoms with Crippen LogP contribution in [0.15, 0.2) is 0 Å². The minimum Gasteiger partial charge on any atom is -0.312 e. The summed E-state index contributed by atoms with van der Waals surface area (Å²) in [6, 6.07) is 1.41. The van der Waals surface area contributed by atoms with E-state index < -0.39 is 0 Å². The van der Waals surface area contributed by atoms with Crippen molar-refractivity contribution in [2.75, 3.05) is 20.1 Å². The zero-order valence-electron chi connectivity index (χ0n) is 12.0. The van der Waals surface area contributed by atoms with Gasteiger partial charge in [0.25, 0.3) is 0 Å². The smallest absolute Gasteiger partial charge is 0.0138 e. The zero-order chi connectivity index (χ0) is 12.3. The molecule has 1 heterocycles. The Hall–Kier alpha value is -0.0800. The summed E-state index contributed by atoms with van der Waals surface area (Å²) in [5.74, 6) is 0.747. The molecule has 1 unspecified atom stereocenters. The fourth-order valence-electron chi connectivity index (χ4n) is 2.93. The second-order valence-corrected chi connectivity index (χ2v) is 6.64. The first kappa shape index (κ1) is 14.0. The number of nitrogens with zero attached hydrogens (tertiary/aromatic N) is 1. The monoisotopic (exact) mass is 226 g/mol. The van der Waals surface area contributed by atoms with E-state index in [1.54, 1.807) is 0 Å². The summed E-state index contributed by atoms with van der Waals surface area (Å²) in [5.41, 5.74) is 0.426. The quantitative estimate of drug-likeness (QED) is 0.779. The molecule has 0 spiro atoms. The number of likely N-dealkylation sites (N-methyl/N-ethyl adjacent to an activating group) is 1. The Kier molecular flexibility index (Phi) is 4.81. The molecule has 2 nitrogen and oxygen atoms in total. The molecule has 3 atom stereocenters. The Labute approximate surface area is 102 Å². The van der Waals surface area contributed by atoms with Crippen molar-refractivity contribution in [2.24, 2.45) is 11.3 Å². The fraction of sp³-hybridized carbons (Fsp3) is 1.00. The zero-order valence-corrected chi connectivity index (χ0v) is 12.0. The summed E-state index contributed by atoms with van der Waals surface area (Å²) in [6.45, 7) is 14.1. The highest BCUT2D eigenvalue weighted by Crippen LogP contribution is 2.30. The molecule has 0 aromatic heterocycles. The lowest BCUT2D eigenvalue weighted by Crippen LogP contribution is -2.43. The summed E-state index contributed by atoms with van der Waals surface area (Å²) in [5, 5.41) is 3.69. The Bertz CT molecular complexity index is 207. The molecule has 0 radical (unpaired) electrons. The van der Waals surface area contributed by atoms with Crippen LogP contribution in [0.5, 0.6) is 0 Å². The van der Waals surface area contributed by atoms with Crippen LogP contribution in [-0.4, -0.2) is 37.1 Å². The summed E-state index contributed by atoms with van der Waals surface area (Å²) in [7, 11) is 2.28. The Morgan fingerprint density at radius 3 is 2.44 bits per heavy atom. The van der Waals surface area contributed by atoms with Gasteiger partial charge in [0.2, 0.25) is 0 Å². The van der Waals surface area contributed by atoms with E-state index in [-0.39, 0.29) is 0 Å². The van der Waals surface area contributed by atoms with Crippen LogP contribution in [0, 0.1) is 11.3 Å². The van der Waals surface area contributed by atoms with Gasteiger partial charge in [0.1, 0.15) is 0 Å². The van der Waals surface area contributed by atoms with E-state index in [9.17, 15) is 0 Å². The van der Waals surface area contributed by atoms with E-state index >= 15 is 0 Å². The van der Waals surface area contributed by atoms with Gasteiger partial charge in [-0.3, -0.25) is 0 Å². The van der Waals surface area contributed by atoms with Gasteiger partial charge in [0, 0.05) is 25.2 Å². The van der Waals surface area contributed by atoms with E-state index in [1.165, 1.54) is 19.4 Å². The molecule has 0 aromatic carbocycles. The lowest BCUT2D eigenvalue weighted by molar-refractivity contribution is 0.136. The van der Waals surface area contributed by atoms with E-state index in [4.69, 9.17) is 0 Å². The van der Waals surface area contributed by atoms with Crippen molar-refractivity contribution in [1.29, 1.82) is 0 Å². The van der Waals surface area contributed by atoms with Crippen LogP contribution < -0.4 is 5.32 Å². The van der Waals surface area contributed by atoms with E-state index in [0.717, 1.165) is 18.5 Å². The van der Waals surface area contributed by atoms with Gasteiger partial charge in [-0.2, -0.15) is 0 Å². The van der Waals surface area contributed by atoms with Gasteiger partial charge in [-0.05, 0) is 31.2 Å². The number of nitrogens with one attached hydrogen (secondary N) is 1. The SMILES string of the molecule is CCC1NCCN(C)[C@@H](CC(C)(C)C)[C@@H]1C. The van der Waals surface area contributed by atoms with E-state index in [0.29, 0.717) is 11.5 Å². The van der Waals surface area contributed by atoms with Gasteiger partial charge in [0.05, 0.1) is 0 Å². The number of hydrogen-bond donors (Lipinski definition) is 1. The topological polar surface area (TPSA) is 15.3 Å². The minimum absolute atomic E-state index is 0.426. The van der Waals surface area contributed by atoms with Crippen LogP contribution in [0.4, 0.5) is 0 Å². The third-order valence-electron chi connectivity index (χ3n) is 3.94. The first-order chi connectivity index (χ1) is 7.35. The Balaban J connectivity index is 2.74. The number of hydrogen-bond acceptors (Lipinski definition) is 2. The highest BCUT2D eigenvalue weighted by Gasteiger charge is 2.32. The molecule has 1 aliphatic rings. The highest BCUT2D eigenvalue weighted by molar-refractivity contribution is 4.89. The average Bonchev–Trinajstić information content (AvgIpc) is 2.29. The predicted molar refractivity (Wildman–Crippen MR) is 71.7 cm³/mol. The molecule has 16 heavy (non-hydrogen) atoms. The molecule has 1 fully saturated rings. The summed E-state index contributed by atoms with van der Waals surface area (Å²) < 4.78 is 0. The van der Waals surface area contributed by atoms with Crippen molar-refractivity contribution in [3.05, 3.63) is 0 Å². The highest BCUT2D eigenvalue weighted by atomic mass is 15.2. The van der Waals surface area contributed by atoms with Gasteiger partial charge in [0.15, 0.2) is 0 Å². The first-order valence-electron chi connectivity index (χ1n) is 6.79. The van der Waals surface area contributed by atoms with Crippen molar-refractivity contribution in [3.8, 4) is 0 Å². The molecule has 0 aliphatic carbocycles. The maximum absolute atomic E-state index is 3.69. The van der Waals surface area contributed by atoms with Gasteiger partial charge in [-0.25, -0.2) is 0 Å². The normalized spacial score (nSPS) is 33.8. The van der Waals surface area contributed by atoms with Crippen LogP contribution in [-0.2, 0) is 0 Å². The lowest BCUT2D eigenvalue weighted by atomic mass is 9.80. The molecular formula is C14H30N2. The molecule has 1 N–H and O–H groups in total. The van der Waals surface area contributed by atoms with Crippen LogP contribution in [0.1, 0.15) is 47.5 Å². The largest absolute Gasteiger partial charge is 0.312 e. The van der Waals surface area contributed by atoms with Crippen molar-refractivity contribution < 1.29 is 0 Å². The third kappa shape index (κ3) is 3.74. The molecule has 0 amide bonds. The van der Waals surface area contributed by atoms with Gasteiger partial charge in [-0.15, -0.1) is 0 Å². The summed E-state index contributed by atoms with van der Waals surface area (Å²) >= 11 is 0. The average molecular weight is 226 g/mol. The second kappa shape index (κ2) is 5.50. The lowest BCUT2D eigenvalue weighted by Gasteiger charge is -2.37. The first-order valence-corrected chi connectivity index (χ1v) is 6.79. The van der Waals surface area contributed by atoms with E-state index in [1.807, 2.05) is 0 Å². The van der Waals surface area contributed by atoms with Crippen molar-refractivity contribution in [2.45, 2.75) is 59.5 Å². The molecule has 1 rings (SSSR count). The molecule has 96 valence electrons. The van der Waals surface area contributed by atoms with Crippen LogP contribution in [0.3, 0.4) is 0 Å². The molecule has 1 saturated heterocycles. The summed E-state index contributed by atoms with van der Waals surface area (Å²) in [4.78, 5) is 2.55. The third-order valence-corrected chi connectivity index (χ3v) is 3.94. The molecule has 2 heteroatoms. The van der Waals surface area contributed by atoms with Crippen molar-refractivity contribution >= 4 is 0 Å². The van der Waals surface area contributed by atoms with E-state index in [2.05, 4.69) is 51.9 Å². The van der Waals surface area contributed by atoms with Crippen LogP contribution >= 0.6 is 0 Å².